The van der Waals surface area contributed by atoms with Crippen LogP contribution in [0.25, 0.3) is 11.5 Å². The number of nitrogens with one attached hydrogen (secondary N) is 1. The van der Waals surface area contributed by atoms with E-state index in [4.69, 9.17) is 4.42 Å². The molecule has 0 atom stereocenters. The standard InChI is InChI=1S/C24H27N3O2/c1-18-22(26-24(29-18)20-10-6-3-7-11-20)16-23(28)25-21-12-14-27(15-13-21)17-19-8-4-2-5-9-19/h2-11,21H,12-17H2,1H3,(H,25,28). The van der Waals surface area contributed by atoms with Gasteiger partial charge in [0.2, 0.25) is 11.8 Å². The van der Waals surface area contributed by atoms with Crippen LogP contribution in [0.2, 0.25) is 0 Å². The average molecular weight is 389 g/mol. The van der Waals surface area contributed by atoms with E-state index in [1.807, 2.05) is 43.3 Å². The topological polar surface area (TPSA) is 58.4 Å². The number of aromatic nitrogens is 1. The highest BCUT2D eigenvalue weighted by Gasteiger charge is 2.22. The second-order valence-corrected chi connectivity index (χ2v) is 7.67. The number of rotatable bonds is 6. The molecule has 1 N–H and O–H groups in total. The van der Waals surface area contributed by atoms with Crippen molar-refractivity contribution in [1.29, 1.82) is 0 Å². The summed E-state index contributed by atoms with van der Waals surface area (Å²) in [4.78, 5) is 19.5. The predicted molar refractivity (Wildman–Crippen MR) is 113 cm³/mol. The number of piperidine rings is 1. The van der Waals surface area contributed by atoms with Crippen LogP contribution in [0, 0.1) is 6.92 Å². The maximum Gasteiger partial charge on any atom is 0.226 e. The van der Waals surface area contributed by atoms with Gasteiger partial charge in [-0.25, -0.2) is 4.98 Å². The van der Waals surface area contributed by atoms with E-state index in [2.05, 4.69) is 39.5 Å². The first-order chi connectivity index (χ1) is 14.2. The summed E-state index contributed by atoms with van der Waals surface area (Å²) in [6.45, 7) is 4.84. The van der Waals surface area contributed by atoms with Crippen LogP contribution in [0.1, 0.15) is 29.9 Å². The summed E-state index contributed by atoms with van der Waals surface area (Å²) in [6.07, 6.45) is 2.21. The summed E-state index contributed by atoms with van der Waals surface area (Å²) in [6, 6.07) is 20.5. The lowest BCUT2D eigenvalue weighted by Crippen LogP contribution is -2.44. The van der Waals surface area contributed by atoms with E-state index in [-0.39, 0.29) is 18.4 Å². The lowest BCUT2D eigenvalue weighted by Gasteiger charge is -2.32. The first kappa shape index (κ1) is 19.4. The normalized spacial score (nSPS) is 15.3. The Bertz CT molecular complexity index is 929. The van der Waals surface area contributed by atoms with Gasteiger partial charge in [-0.15, -0.1) is 0 Å². The third kappa shape index (κ3) is 5.12. The molecule has 5 heteroatoms. The molecule has 1 aliphatic rings. The van der Waals surface area contributed by atoms with Gasteiger partial charge in [-0.05, 0) is 37.5 Å². The second-order valence-electron chi connectivity index (χ2n) is 7.67. The Morgan fingerprint density at radius 3 is 2.41 bits per heavy atom. The highest BCUT2D eigenvalue weighted by molar-refractivity contribution is 5.78. The minimum atomic E-state index is 0.0162. The van der Waals surface area contributed by atoms with E-state index >= 15 is 0 Å². The van der Waals surface area contributed by atoms with Crippen molar-refractivity contribution in [2.75, 3.05) is 13.1 Å². The lowest BCUT2D eigenvalue weighted by molar-refractivity contribution is -0.121. The Morgan fingerprint density at radius 1 is 1.07 bits per heavy atom. The molecule has 0 spiro atoms. The van der Waals surface area contributed by atoms with Crippen molar-refractivity contribution in [2.45, 2.75) is 38.8 Å². The Morgan fingerprint density at radius 2 is 1.72 bits per heavy atom. The van der Waals surface area contributed by atoms with Gasteiger partial charge in [-0.1, -0.05) is 48.5 Å². The number of nitrogens with zero attached hydrogens (tertiary/aromatic N) is 2. The average Bonchev–Trinajstić information content (AvgIpc) is 3.11. The van der Waals surface area contributed by atoms with Crippen molar-refractivity contribution >= 4 is 5.91 Å². The van der Waals surface area contributed by atoms with Crippen molar-refractivity contribution in [3.8, 4) is 11.5 Å². The first-order valence-electron chi connectivity index (χ1n) is 10.2. The maximum atomic E-state index is 12.5. The van der Waals surface area contributed by atoms with E-state index in [1.165, 1.54) is 5.56 Å². The molecule has 4 rings (SSSR count). The molecule has 150 valence electrons. The number of carbonyl (C=O) groups excluding carboxylic acids is 1. The molecule has 0 unspecified atom stereocenters. The van der Waals surface area contributed by atoms with Crippen molar-refractivity contribution in [3.63, 3.8) is 0 Å². The van der Waals surface area contributed by atoms with Gasteiger partial charge in [-0.3, -0.25) is 9.69 Å². The van der Waals surface area contributed by atoms with E-state index in [9.17, 15) is 4.79 Å². The fraction of sp³-hybridized carbons (Fsp3) is 0.333. The molecule has 1 aromatic heterocycles. The van der Waals surface area contributed by atoms with Gasteiger partial charge in [0, 0.05) is 31.2 Å². The third-order valence-corrected chi connectivity index (χ3v) is 5.44. The SMILES string of the molecule is Cc1oc(-c2ccccc2)nc1CC(=O)NC1CCN(Cc2ccccc2)CC1. The Labute approximate surface area is 171 Å². The fourth-order valence-corrected chi connectivity index (χ4v) is 3.80. The Balaban J connectivity index is 1.27. The molecule has 0 bridgehead atoms. The largest absolute Gasteiger partial charge is 0.441 e. The van der Waals surface area contributed by atoms with Gasteiger partial charge in [-0.2, -0.15) is 0 Å². The summed E-state index contributed by atoms with van der Waals surface area (Å²) in [7, 11) is 0. The first-order valence-corrected chi connectivity index (χ1v) is 10.2. The smallest absolute Gasteiger partial charge is 0.226 e. The van der Waals surface area contributed by atoms with Crippen molar-refractivity contribution < 1.29 is 9.21 Å². The predicted octanol–water partition coefficient (Wildman–Crippen LogP) is 3.97. The van der Waals surface area contributed by atoms with Crippen LogP contribution in [0.4, 0.5) is 0 Å². The minimum absolute atomic E-state index is 0.0162. The van der Waals surface area contributed by atoms with Crippen LogP contribution in [-0.4, -0.2) is 34.9 Å². The Hall–Kier alpha value is -2.92. The number of likely N-dealkylation sites (tertiary alicyclic amines) is 1. The molecular formula is C24H27N3O2. The van der Waals surface area contributed by atoms with Crippen LogP contribution in [0.5, 0.6) is 0 Å². The van der Waals surface area contributed by atoms with E-state index < -0.39 is 0 Å². The molecule has 5 nitrogen and oxygen atoms in total. The van der Waals surface area contributed by atoms with Crippen molar-refractivity contribution in [1.82, 2.24) is 15.2 Å². The van der Waals surface area contributed by atoms with Crippen LogP contribution in [-0.2, 0) is 17.8 Å². The molecule has 0 radical (unpaired) electrons. The number of oxazole rings is 1. The maximum absolute atomic E-state index is 12.5. The van der Waals surface area contributed by atoms with Crippen LogP contribution in [0.3, 0.4) is 0 Å². The lowest BCUT2D eigenvalue weighted by atomic mass is 10.0. The molecule has 2 heterocycles. The summed E-state index contributed by atoms with van der Waals surface area (Å²) in [5, 5.41) is 3.18. The van der Waals surface area contributed by atoms with Gasteiger partial charge in [0.15, 0.2) is 0 Å². The molecule has 1 aliphatic heterocycles. The zero-order chi connectivity index (χ0) is 20.1. The summed E-state index contributed by atoms with van der Waals surface area (Å²) < 4.78 is 5.76. The molecule has 0 aliphatic carbocycles. The van der Waals surface area contributed by atoms with Crippen molar-refractivity contribution in [2.24, 2.45) is 0 Å². The number of benzene rings is 2. The van der Waals surface area contributed by atoms with Gasteiger partial charge in [0.25, 0.3) is 0 Å². The number of hydrogen-bond donors (Lipinski definition) is 1. The van der Waals surface area contributed by atoms with Crippen LogP contribution < -0.4 is 5.32 Å². The molecule has 1 amide bonds. The minimum Gasteiger partial charge on any atom is -0.441 e. The molecule has 29 heavy (non-hydrogen) atoms. The Kier molecular flexibility index (Phi) is 6.06. The third-order valence-electron chi connectivity index (χ3n) is 5.44. The summed E-state index contributed by atoms with van der Waals surface area (Å²) >= 11 is 0. The zero-order valence-electron chi connectivity index (χ0n) is 16.8. The molecule has 1 fully saturated rings. The highest BCUT2D eigenvalue weighted by Crippen LogP contribution is 2.22. The second kappa shape index (κ2) is 9.05. The number of carbonyl (C=O) groups is 1. The number of aryl methyl sites for hydroxylation is 1. The van der Waals surface area contributed by atoms with Gasteiger partial charge < -0.3 is 9.73 Å². The zero-order valence-corrected chi connectivity index (χ0v) is 16.8. The summed E-state index contributed by atoms with van der Waals surface area (Å²) in [5.74, 6) is 1.29. The monoisotopic (exact) mass is 389 g/mol. The molecule has 3 aromatic rings. The van der Waals surface area contributed by atoms with Crippen LogP contribution >= 0.6 is 0 Å². The van der Waals surface area contributed by atoms with E-state index in [1.54, 1.807) is 0 Å². The molecule has 2 aromatic carbocycles. The number of amides is 1. The van der Waals surface area contributed by atoms with Gasteiger partial charge >= 0.3 is 0 Å². The van der Waals surface area contributed by atoms with Crippen molar-refractivity contribution in [3.05, 3.63) is 77.7 Å². The fourth-order valence-electron chi connectivity index (χ4n) is 3.80. The van der Waals surface area contributed by atoms with E-state index in [0.29, 0.717) is 17.3 Å². The van der Waals surface area contributed by atoms with Crippen LogP contribution in [0.15, 0.2) is 65.1 Å². The highest BCUT2D eigenvalue weighted by atomic mass is 16.4. The molecule has 0 saturated carbocycles. The van der Waals surface area contributed by atoms with Gasteiger partial charge in [0.05, 0.1) is 12.1 Å². The number of hydrogen-bond acceptors (Lipinski definition) is 4. The summed E-state index contributed by atoms with van der Waals surface area (Å²) in [5.41, 5.74) is 2.97. The molecular weight excluding hydrogens is 362 g/mol. The quantitative estimate of drug-likeness (QED) is 0.693. The molecule has 1 saturated heterocycles. The van der Waals surface area contributed by atoms with Gasteiger partial charge in [0.1, 0.15) is 5.76 Å². The van der Waals surface area contributed by atoms with E-state index in [0.717, 1.165) is 38.0 Å².